The Kier molecular flexibility index (Phi) is 4.28. The van der Waals surface area contributed by atoms with Crippen molar-refractivity contribution in [1.82, 2.24) is 5.32 Å². The Morgan fingerprint density at radius 3 is 3.06 bits per heavy atom. The van der Waals surface area contributed by atoms with Crippen LogP contribution in [0.1, 0.15) is 24.4 Å². The first-order chi connectivity index (χ1) is 8.66. The molecule has 1 aliphatic rings. The number of nitrogens with one attached hydrogen (secondary N) is 1. The van der Waals surface area contributed by atoms with E-state index in [9.17, 15) is 9.18 Å². The highest BCUT2D eigenvalue weighted by Gasteiger charge is 2.23. The molecule has 2 atom stereocenters. The number of carboxylic acid groups (broad SMARTS) is 1. The highest BCUT2D eigenvalue weighted by Crippen LogP contribution is 2.16. The summed E-state index contributed by atoms with van der Waals surface area (Å²) in [6, 6.07) is 4.74. The quantitative estimate of drug-likeness (QED) is 0.839. The summed E-state index contributed by atoms with van der Waals surface area (Å²) in [6.45, 7) is 1.19. The van der Waals surface area contributed by atoms with Gasteiger partial charge >= 0.3 is 5.97 Å². The minimum absolute atomic E-state index is 0.0559. The van der Waals surface area contributed by atoms with Gasteiger partial charge in [0.15, 0.2) is 0 Å². The lowest BCUT2D eigenvalue weighted by atomic mass is 10.1. The van der Waals surface area contributed by atoms with Crippen LogP contribution in [-0.4, -0.2) is 30.3 Å². The second-order valence-corrected chi connectivity index (χ2v) is 4.37. The topological polar surface area (TPSA) is 58.6 Å². The van der Waals surface area contributed by atoms with Crippen molar-refractivity contribution in [3.05, 3.63) is 35.6 Å². The smallest absolute Gasteiger partial charge is 0.325 e. The van der Waals surface area contributed by atoms with Gasteiger partial charge in [-0.05, 0) is 30.5 Å². The van der Waals surface area contributed by atoms with Gasteiger partial charge in [0.25, 0.3) is 0 Å². The number of halogens is 1. The van der Waals surface area contributed by atoms with E-state index in [4.69, 9.17) is 9.84 Å². The lowest BCUT2D eigenvalue weighted by Crippen LogP contribution is -2.34. The van der Waals surface area contributed by atoms with Crippen LogP contribution in [0.4, 0.5) is 4.39 Å². The van der Waals surface area contributed by atoms with E-state index in [-0.39, 0.29) is 6.10 Å². The van der Waals surface area contributed by atoms with Gasteiger partial charge in [-0.2, -0.15) is 0 Å². The van der Waals surface area contributed by atoms with Crippen LogP contribution >= 0.6 is 0 Å². The number of benzene rings is 1. The molecule has 4 nitrogen and oxygen atoms in total. The Balaban J connectivity index is 2.01. The summed E-state index contributed by atoms with van der Waals surface area (Å²) in [5.41, 5.74) is 0.417. The van der Waals surface area contributed by atoms with E-state index in [1.54, 1.807) is 6.07 Å². The number of carbonyl (C=O) groups is 1. The fourth-order valence-electron chi connectivity index (χ4n) is 2.09. The van der Waals surface area contributed by atoms with Gasteiger partial charge in [-0.25, -0.2) is 4.39 Å². The van der Waals surface area contributed by atoms with Gasteiger partial charge in [-0.3, -0.25) is 10.1 Å². The molecule has 1 heterocycles. The van der Waals surface area contributed by atoms with E-state index in [2.05, 4.69) is 5.32 Å². The van der Waals surface area contributed by atoms with Crippen LogP contribution in [-0.2, 0) is 9.53 Å². The second-order valence-electron chi connectivity index (χ2n) is 4.37. The normalized spacial score (nSPS) is 20.8. The molecule has 1 fully saturated rings. The largest absolute Gasteiger partial charge is 0.480 e. The van der Waals surface area contributed by atoms with E-state index >= 15 is 0 Å². The van der Waals surface area contributed by atoms with Gasteiger partial charge in [0.2, 0.25) is 0 Å². The summed E-state index contributed by atoms with van der Waals surface area (Å²) >= 11 is 0. The first kappa shape index (κ1) is 13.0. The number of hydrogen-bond donors (Lipinski definition) is 2. The summed E-state index contributed by atoms with van der Waals surface area (Å²) in [4.78, 5) is 11.2. The first-order valence-corrected chi connectivity index (χ1v) is 6.00. The zero-order valence-electron chi connectivity index (χ0n) is 9.93. The molecular weight excluding hydrogens is 237 g/mol. The average molecular weight is 253 g/mol. The zero-order chi connectivity index (χ0) is 13.0. The molecule has 0 bridgehead atoms. The van der Waals surface area contributed by atoms with Crippen molar-refractivity contribution in [1.29, 1.82) is 0 Å². The fraction of sp³-hybridized carbons (Fsp3) is 0.462. The number of rotatable bonds is 5. The molecule has 2 rings (SSSR count). The molecule has 0 spiro atoms. The van der Waals surface area contributed by atoms with Crippen molar-refractivity contribution >= 4 is 5.97 Å². The van der Waals surface area contributed by atoms with Crippen LogP contribution in [0.3, 0.4) is 0 Å². The Labute approximate surface area is 105 Å². The summed E-state index contributed by atoms with van der Waals surface area (Å²) < 4.78 is 18.5. The SMILES string of the molecule is O=C(O)C(NCC1CCCO1)c1cccc(F)c1. The van der Waals surface area contributed by atoms with Crippen LogP contribution in [0.5, 0.6) is 0 Å². The van der Waals surface area contributed by atoms with Crippen LogP contribution in [0, 0.1) is 5.82 Å². The third-order valence-corrected chi connectivity index (χ3v) is 3.00. The maximum atomic E-state index is 13.1. The molecular formula is C13H16FNO3. The molecule has 5 heteroatoms. The number of aliphatic carboxylic acids is 1. The molecule has 18 heavy (non-hydrogen) atoms. The first-order valence-electron chi connectivity index (χ1n) is 6.00. The number of hydrogen-bond acceptors (Lipinski definition) is 3. The summed E-state index contributed by atoms with van der Waals surface area (Å²) in [6.07, 6.45) is 1.99. The van der Waals surface area contributed by atoms with Gasteiger partial charge in [0.05, 0.1) is 6.10 Å². The molecule has 1 aliphatic heterocycles. The van der Waals surface area contributed by atoms with Crippen LogP contribution < -0.4 is 5.32 Å². The van der Waals surface area contributed by atoms with Gasteiger partial charge in [-0.1, -0.05) is 12.1 Å². The summed E-state index contributed by atoms with van der Waals surface area (Å²) in [7, 11) is 0. The second kappa shape index (κ2) is 5.93. The predicted octanol–water partition coefficient (Wildman–Crippen LogP) is 1.72. The molecule has 0 aliphatic carbocycles. The van der Waals surface area contributed by atoms with Crippen LogP contribution in [0.15, 0.2) is 24.3 Å². The maximum absolute atomic E-state index is 13.1. The predicted molar refractivity (Wildman–Crippen MR) is 63.8 cm³/mol. The third kappa shape index (κ3) is 3.27. The van der Waals surface area contributed by atoms with Gasteiger partial charge in [-0.15, -0.1) is 0 Å². The maximum Gasteiger partial charge on any atom is 0.325 e. The number of ether oxygens (including phenoxy) is 1. The van der Waals surface area contributed by atoms with Gasteiger partial charge in [0, 0.05) is 13.2 Å². The third-order valence-electron chi connectivity index (χ3n) is 3.00. The van der Waals surface area contributed by atoms with Crippen molar-refractivity contribution in [3.63, 3.8) is 0 Å². The monoisotopic (exact) mass is 253 g/mol. The van der Waals surface area contributed by atoms with E-state index < -0.39 is 17.8 Å². The molecule has 0 radical (unpaired) electrons. The minimum Gasteiger partial charge on any atom is -0.480 e. The molecule has 2 unspecified atom stereocenters. The highest BCUT2D eigenvalue weighted by atomic mass is 19.1. The van der Waals surface area contributed by atoms with Gasteiger partial charge in [0.1, 0.15) is 11.9 Å². The van der Waals surface area contributed by atoms with E-state index in [1.807, 2.05) is 0 Å². The Hall–Kier alpha value is -1.46. The standard InChI is InChI=1S/C13H16FNO3/c14-10-4-1-3-9(7-10)12(13(16)17)15-8-11-5-2-6-18-11/h1,3-4,7,11-12,15H,2,5-6,8H2,(H,16,17). The molecule has 2 N–H and O–H groups in total. The van der Waals surface area contributed by atoms with Crippen LogP contribution in [0.2, 0.25) is 0 Å². The summed E-state index contributed by atoms with van der Waals surface area (Å²) in [5.74, 6) is -1.45. The Morgan fingerprint density at radius 1 is 1.61 bits per heavy atom. The Morgan fingerprint density at radius 2 is 2.44 bits per heavy atom. The molecule has 98 valence electrons. The molecule has 1 aromatic carbocycles. The van der Waals surface area contributed by atoms with Gasteiger partial charge < -0.3 is 9.84 Å². The van der Waals surface area contributed by atoms with Crippen LogP contribution in [0.25, 0.3) is 0 Å². The average Bonchev–Trinajstić information content (AvgIpc) is 2.82. The Bertz CT molecular complexity index is 418. The number of carboxylic acids is 1. The minimum atomic E-state index is -1.02. The molecule has 1 aromatic rings. The molecule has 1 saturated heterocycles. The lowest BCUT2D eigenvalue weighted by molar-refractivity contribution is -0.139. The molecule has 0 aromatic heterocycles. The fourth-order valence-corrected chi connectivity index (χ4v) is 2.09. The van der Waals surface area contributed by atoms with Crippen molar-refractivity contribution < 1.29 is 19.0 Å². The summed E-state index contributed by atoms with van der Waals surface area (Å²) in [5, 5.41) is 12.1. The van der Waals surface area contributed by atoms with Crippen molar-refractivity contribution in [2.75, 3.05) is 13.2 Å². The van der Waals surface area contributed by atoms with E-state index in [1.165, 1.54) is 18.2 Å². The lowest BCUT2D eigenvalue weighted by Gasteiger charge is -2.17. The van der Waals surface area contributed by atoms with E-state index in [0.29, 0.717) is 12.1 Å². The highest BCUT2D eigenvalue weighted by molar-refractivity contribution is 5.75. The van der Waals surface area contributed by atoms with Crippen molar-refractivity contribution in [2.45, 2.75) is 25.0 Å². The van der Waals surface area contributed by atoms with Crippen molar-refractivity contribution in [2.24, 2.45) is 0 Å². The molecule has 0 amide bonds. The molecule has 0 saturated carbocycles. The van der Waals surface area contributed by atoms with Crippen molar-refractivity contribution in [3.8, 4) is 0 Å². The zero-order valence-corrected chi connectivity index (χ0v) is 9.93. The van der Waals surface area contributed by atoms with E-state index in [0.717, 1.165) is 19.4 Å².